The van der Waals surface area contributed by atoms with Crippen LogP contribution in [0.1, 0.15) is 34.6 Å². The summed E-state index contributed by atoms with van der Waals surface area (Å²) in [6.45, 7) is 3.39. The van der Waals surface area contributed by atoms with Crippen LogP contribution in [0.3, 0.4) is 0 Å². The fourth-order valence-electron chi connectivity index (χ4n) is 4.71. The van der Waals surface area contributed by atoms with Crippen LogP contribution >= 0.6 is 0 Å². The molecular formula is C30H35FN4O6S. The predicted octanol–water partition coefficient (Wildman–Crippen LogP) is 3.13. The van der Waals surface area contributed by atoms with Crippen molar-refractivity contribution in [3.8, 4) is 17.0 Å². The SMILES string of the molecule is C[C@@H]1CN([C@@H](C)CO)C(=O)c2cc(-c3cccc(C(=O)N(C)C)c3)cnc2O[C@H]1CN(C)S(=O)(=O)c1ccc(F)cc1. The molecule has 0 saturated heterocycles. The van der Waals surface area contributed by atoms with E-state index < -0.39 is 28.0 Å². The molecule has 1 aliphatic rings. The number of carbonyl (C=O) groups is 2. The summed E-state index contributed by atoms with van der Waals surface area (Å²) in [7, 11) is 0.764. The molecule has 2 heterocycles. The number of fused-ring (bicyclic) bond motifs is 1. The van der Waals surface area contributed by atoms with Crippen LogP contribution in [0.2, 0.25) is 0 Å². The van der Waals surface area contributed by atoms with Crippen LogP contribution in [0.25, 0.3) is 11.1 Å². The Kier molecular flexibility index (Phi) is 9.29. The lowest BCUT2D eigenvalue weighted by Crippen LogP contribution is -2.50. The number of pyridine rings is 1. The molecule has 2 amide bonds. The van der Waals surface area contributed by atoms with E-state index in [1.807, 2.05) is 6.92 Å². The van der Waals surface area contributed by atoms with Gasteiger partial charge in [0.1, 0.15) is 17.5 Å². The number of hydrogen-bond donors (Lipinski definition) is 1. The Morgan fingerprint density at radius 2 is 1.83 bits per heavy atom. The van der Waals surface area contributed by atoms with E-state index in [4.69, 9.17) is 4.74 Å². The number of likely N-dealkylation sites (N-methyl/N-ethyl adjacent to an activating group) is 1. The molecule has 0 aliphatic carbocycles. The van der Waals surface area contributed by atoms with Gasteiger partial charge >= 0.3 is 0 Å². The monoisotopic (exact) mass is 598 g/mol. The Balaban J connectivity index is 1.72. The van der Waals surface area contributed by atoms with Gasteiger partial charge in [-0.15, -0.1) is 0 Å². The number of halogens is 1. The van der Waals surface area contributed by atoms with Gasteiger partial charge in [0, 0.05) is 50.9 Å². The third kappa shape index (κ3) is 6.45. The third-order valence-electron chi connectivity index (χ3n) is 7.33. The van der Waals surface area contributed by atoms with Gasteiger partial charge in [-0.25, -0.2) is 17.8 Å². The zero-order chi connectivity index (χ0) is 30.8. The number of carbonyl (C=O) groups excluding carboxylic acids is 2. The molecule has 0 bridgehead atoms. The first-order valence-electron chi connectivity index (χ1n) is 13.5. The topological polar surface area (TPSA) is 120 Å². The van der Waals surface area contributed by atoms with E-state index in [0.29, 0.717) is 16.7 Å². The highest BCUT2D eigenvalue weighted by atomic mass is 32.2. The van der Waals surface area contributed by atoms with Crippen LogP contribution in [-0.4, -0.2) is 97.4 Å². The van der Waals surface area contributed by atoms with E-state index in [-0.39, 0.29) is 53.8 Å². The second-order valence-electron chi connectivity index (χ2n) is 10.7. The smallest absolute Gasteiger partial charge is 0.259 e. The molecule has 0 radical (unpaired) electrons. The van der Waals surface area contributed by atoms with Gasteiger partial charge in [0.05, 0.1) is 24.1 Å². The van der Waals surface area contributed by atoms with E-state index in [0.717, 1.165) is 16.4 Å². The molecule has 0 fully saturated rings. The Bertz CT molecular complexity index is 1560. The number of ether oxygens (including phenoxy) is 1. The van der Waals surface area contributed by atoms with Crippen molar-refractivity contribution >= 4 is 21.8 Å². The van der Waals surface area contributed by atoms with Crippen molar-refractivity contribution in [3.63, 3.8) is 0 Å². The number of nitrogens with zero attached hydrogens (tertiary/aromatic N) is 4. The fraction of sp³-hybridized carbons (Fsp3) is 0.367. The first-order chi connectivity index (χ1) is 19.8. The number of aliphatic hydroxyl groups excluding tert-OH is 1. The summed E-state index contributed by atoms with van der Waals surface area (Å²) in [5.41, 5.74) is 1.88. The molecule has 1 aromatic heterocycles. The van der Waals surface area contributed by atoms with Crippen molar-refractivity contribution in [2.75, 3.05) is 40.8 Å². The van der Waals surface area contributed by atoms with E-state index in [9.17, 15) is 27.5 Å². The molecule has 224 valence electrons. The van der Waals surface area contributed by atoms with Gasteiger partial charge in [-0.2, -0.15) is 4.31 Å². The van der Waals surface area contributed by atoms with Crippen molar-refractivity contribution < 1.29 is 32.2 Å². The molecule has 0 saturated carbocycles. The standard InChI is InChI=1S/C30H35FN4O6S/c1-19-16-35(20(2)18-36)30(38)26-14-23(21-7-6-8-22(13-21)29(37)33(3)4)15-32-28(26)41-27(19)17-34(5)42(39,40)25-11-9-24(31)10-12-25/h6-15,19-20,27,36H,16-18H2,1-5H3/t19-,20+,27+/m1/s1. The lowest BCUT2D eigenvalue weighted by Gasteiger charge is -2.37. The van der Waals surface area contributed by atoms with E-state index in [1.54, 1.807) is 51.4 Å². The highest BCUT2D eigenvalue weighted by molar-refractivity contribution is 7.89. The minimum atomic E-state index is -3.97. The molecule has 42 heavy (non-hydrogen) atoms. The molecule has 12 heteroatoms. The Labute approximate surface area is 245 Å². The van der Waals surface area contributed by atoms with Gasteiger partial charge < -0.3 is 19.6 Å². The number of sulfonamides is 1. The molecule has 3 atom stereocenters. The van der Waals surface area contributed by atoms with Crippen LogP contribution in [0.4, 0.5) is 4.39 Å². The lowest BCUT2D eigenvalue weighted by atomic mass is 9.99. The molecule has 4 rings (SSSR count). The maximum atomic E-state index is 13.8. The molecule has 1 N–H and O–H groups in total. The summed E-state index contributed by atoms with van der Waals surface area (Å²) in [6, 6.07) is 12.6. The number of amides is 2. The average Bonchev–Trinajstić information content (AvgIpc) is 2.98. The van der Waals surface area contributed by atoms with Crippen LogP contribution < -0.4 is 4.74 Å². The fourth-order valence-corrected chi connectivity index (χ4v) is 5.89. The van der Waals surface area contributed by atoms with E-state index in [1.165, 1.54) is 35.2 Å². The summed E-state index contributed by atoms with van der Waals surface area (Å²) < 4.78 is 47.2. The summed E-state index contributed by atoms with van der Waals surface area (Å²) >= 11 is 0. The highest BCUT2D eigenvalue weighted by Crippen LogP contribution is 2.31. The minimum absolute atomic E-state index is 0.0311. The summed E-state index contributed by atoms with van der Waals surface area (Å²) in [4.78, 5) is 33.7. The molecule has 0 unspecified atom stereocenters. The van der Waals surface area contributed by atoms with Crippen molar-refractivity contribution in [3.05, 3.63) is 77.7 Å². The summed E-state index contributed by atoms with van der Waals surface area (Å²) in [5.74, 6) is -1.43. The van der Waals surface area contributed by atoms with Gasteiger partial charge in [-0.1, -0.05) is 19.1 Å². The minimum Gasteiger partial charge on any atom is -0.472 e. The second kappa shape index (κ2) is 12.6. The molecule has 0 spiro atoms. The maximum Gasteiger partial charge on any atom is 0.259 e. The van der Waals surface area contributed by atoms with Crippen molar-refractivity contribution in [2.45, 2.75) is 30.9 Å². The van der Waals surface area contributed by atoms with E-state index in [2.05, 4.69) is 4.98 Å². The Hall–Kier alpha value is -3.87. The maximum absolute atomic E-state index is 13.8. The first-order valence-corrected chi connectivity index (χ1v) is 14.9. The normalized spacial score (nSPS) is 18.1. The zero-order valence-electron chi connectivity index (χ0n) is 24.2. The predicted molar refractivity (Wildman–Crippen MR) is 155 cm³/mol. The summed E-state index contributed by atoms with van der Waals surface area (Å²) in [5, 5.41) is 9.93. The summed E-state index contributed by atoms with van der Waals surface area (Å²) in [6.07, 6.45) is 0.817. The molecule has 2 aromatic carbocycles. The number of hydrogen-bond acceptors (Lipinski definition) is 7. The molecular weight excluding hydrogens is 563 g/mol. The van der Waals surface area contributed by atoms with Gasteiger partial charge in [-0.3, -0.25) is 9.59 Å². The number of rotatable bonds is 8. The quantitative estimate of drug-likeness (QED) is 0.423. The van der Waals surface area contributed by atoms with Crippen LogP contribution in [0, 0.1) is 11.7 Å². The number of aliphatic hydroxyl groups is 1. The Morgan fingerprint density at radius 1 is 1.14 bits per heavy atom. The van der Waals surface area contributed by atoms with Crippen molar-refractivity contribution in [1.82, 2.24) is 19.1 Å². The molecule has 10 nitrogen and oxygen atoms in total. The second-order valence-corrected chi connectivity index (χ2v) is 12.8. The van der Waals surface area contributed by atoms with Crippen LogP contribution in [-0.2, 0) is 10.0 Å². The van der Waals surface area contributed by atoms with Crippen molar-refractivity contribution in [1.29, 1.82) is 0 Å². The molecule has 1 aliphatic heterocycles. The zero-order valence-corrected chi connectivity index (χ0v) is 25.0. The lowest BCUT2D eigenvalue weighted by molar-refractivity contribution is 0.0373. The third-order valence-corrected chi connectivity index (χ3v) is 9.17. The highest BCUT2D eigenvalue weighted by Gasteiger charge is 2.36. The first kappa shape index (κ1) is 31.1. The van der Waals surface area contributed by atoms with Crippen molar-refractivity contribution in [2.24, 2.45) is 5.92 Å². The van der Waals surface area contributed by atoms with Gasteiger partial charge in [-0.05, 0) is 55.0 Å². The van der Waals surface area contributed by atoms with Gasteiger partial charge in [0.25, 0.3) is 11.8 Å². The largest absolute Gasteiger partial charge is 0.472 e. The Morgan fingerprint density at radius 3 is 2.48 bits per heavy atom. The van der Waals surface area contributed by atoms with Gasteiger partial charge in [0.2, 0.25) is 15.9 Å². The number of benzene rings is 2. The van der Waals surface area contributed by atoms with Gasteiger partial charge in [0.15, 0.2) is 0 Å². The van der Waals surface area contributed by atoms with E-state index >= 15 is 0 Å². The number of aromatic nitrogens is 1. The van der Waals surface area contributed by atoms with Crippen LogP contribution in [0.5, 0.6) is 5.88 Å². The molecule has 3 aromatic rings. The van der Waals surface area contributed by atoms with Crippen LogP contribution in [0.15, 0.2) is 65.7 Å². The average molecular weight is 599 g/mol.